The second-order valence-corrected chi connectivity index (χ2v) is 11.6. The number of hydrogen-bond donors (Lipinski definition) is 0. The SMILES string of the molecule is CCC[C@H]1C(=O)N(S(=O)c2ccc3ccccc3c2)[C@H]2CCN(C(=O)CCCN3CCCCC3)[C@H]12. The molecule has 0 aromatic heterocycles. The van der Waals surface area contributed by atoms with Crippen LogP contribution < -0.4 is 0 Å². The zero-order valence-corrected chi connectivity index (χ0v) is 21.5. The molecule has 4 atom stereocenters. The molecule has 3 aliphatic heterocycles. The van der Waals surface area contributed by atoms with Crippen LogP contribution in [0.3, 0.4) is 0 Å². The van der Waals surface area contributed by atoms with Gasteiger partial charge in [-0.15, -0.1) is 0 Å². The van der Waals surface area contributed by atoms with E-state index in [1.54, 1.807) is 4.31 Å². The van der Waals surface area contributed by atoms with Gasteiger partial charge >= 0.3 is 0 Å². The van der Waals surface area contributed by atoms with E-state index in [2.05, 4.69) is 11.8 Å². The van der Waals surface area contributed by atoms with Crippen molar-refractivity contribution in [2.24, 2.45) is 5.92 Å². The van der Waals surface area contributed by atoms with E-state index in [9.17, 15) is 13.8 Å². The molecule has 3 saturated heterocycles. The first-order valence-electron chi connectivity index (χ1n) is 13.3. The van der Waals surface area contributed by atoms with Gasteiger partial charge in [-0.25, -0.2) is 4.21 Å². The molecule has 1 unspecified atom stereocenters. The molecule has 3 aliphatic rings. The van der Waals surface area contributed by atoms with Crippen LogP contribution in [0.15, 0.2) is 47.4 Å². The van der Waals surface area contributed by atoms with E-state index in [4.69, 9.17) is 0 Å². The molecular weight excluding hydrogens is 458 g/mol. The van der Waals surface area contributed by atoms with Gasteiger partial charge < -0.3 is 9.80 Å². The highest BCUT2D eigenvalue weighted by Crippen LogP contribution is 2.41. The molecule has 2 amide bonds. The van der Waals surface area contributed by atoms with Crippen LogP contribution in [0.25, 0.3) is 10.8 Å². The Balaban J connectivity index is 1.31. The first-order chi connectivity index (χ1) is 17.1. The number of nitrogens with zero attached hydrogens (tertiary/aromatic N) is 3. The summed E-state index contributed by atoms with van der Waals surface area (Å²) in [6.45, 7) is 5.99. The molecule has 0 aliphatic carbocycles. The van der Waals surface area contributed by atoms with Crippen LogP contribution >= 0.6 is 0 Å². The van der Waals surface area contributed by atoms with Gasteiger partial charge in [-0.2, -0.15) is 0 Å². The minimum absolute atomic E-state index is 0.0563. The Morgan fingerprint density at radius 3 is 2.57 bits per heavy atom. The van der Waals surface area contributed by atoms with Crippen molar-refractivity contribution < 1.29 is 13.8 Å². The highest BCUT2D eigenvalue weighted by Gasteiger charge is 2.56. The summed E-state index contributed by atoms with van der Waals surface area (Å²) in [4.78, 5) is 31.9. The molecule has 7 heteroatoms. The van der Waals surface area contributed by atoms with Gasteiger partial charge in [0.05, 0.1) is 22.9 Å². The summed E-state index contributed by atoms with van der Waals surface area (Å²) in [5.41, 5.74) is 0. The van der Waals surface area contributed by atoms with Crippen molar-refractivity contribution in [3.8, 4) is 0 Å². The van der Waals surface area contributed by atoms with Gasteiger partial charge in [0.25, 0.3) is 0 Å². The van der Waals surface area contributed by atoms with Gasteiger partial charge in [0.15, 0.2) is 11.0 Å². The molecule has 0 spiro atoms. The lowest BCUT2D eigenvalue weighted by Crippen LogP contribution is -2.43. The van der Waals surface area contributed by atoms with Crippen LogP contribution in [0, 0.1) is 5.92 Å². The standard InChI is InChI=1S/C28H37N3O3S/c1-2-9-24-27-25(15-19-30(27)26(32)12-8-18-29-16-6-3-7-17-29)31(28(24)33)35(34)23-14-13-21-10-4-5-11-22(21)20-23/h4-5,10-11,13-14,20,24-25,27H,2-3,6-9,12,15-19H2,1H3/t24-,25+,27-,35?/m1/s1. The molecule has 3 heterocycles. The first kappa shape index (κ1) is 24.4. The number of rotatable bonds is 8. The number of carbonyl (C=O) groups is 2. The van der Waals surface area contributed by atoms with Crippen LogP contribution in [0.5, 0.6) is 0 Å². The van der Waals surface area contributed by atoms with E-state index < -0.39 is 11.0 Å². The zero-order valence-electron chi connectivity index (χ0n) is 20.7. The van der Waals surface area contributed by atoms with Gasteiger partial charge in [-0.05, 0) is 74.6 Å². The van der Waals surface area contributed by atoms with Crippen molar-refractivity contribution >= 4 is 33.6 Å². The zero-order chi connectivity index (χ0) is 24.4. The quantitative estimate of drug-likeness (QED) is 0.546. The molecule has 0 N–H and O–H groups in total. The van der Waals surface area contributed by atoms with E-state index in [1.807, 2.05) is 47.4 Å². The molecule has 6 nitrogen and oxygen atoms in total. The molecule has 188 valence electrons. The Morgan fingerprint density at radius 1 is 1.03 bits per heavy atom. The van der Waals surface area contributed by atoms with E-state index >= 15 is 0 Å². The number of amides is 2. The normalized spacial score (nSPS) is 25.9. The fourth-order valence-electron chi connectivity index (χ4n) is 6.28. The van der Waals surface area contributed by atoms with E-state index in [1.165, 1.54) is 19.3 Å². The molecule has 5 rings (SSSR count). The maximum absolute atomic E-state index is 13.7. The highest BCUT2D eigenvalue weighted by atomic mass is 32.2. The van der Waals surface area contributed by atoms with Crippen LogP contribution in [-0.2, 0) is 20.6 Å². The van der Waals surface area contributed by atoms with Crippen LogP contribution in [0.4, 0.5) is 0 Å². The second-order valence-electron chi connectivity index (χ2n) is 10.3. The van der Waals surface area contributed by atoms with E-state index in [-0.39, 0.29) is 29.8 Å². The number of hydrogen-bond acceptors (Lipinski definition) is 4. The summed E-state index contributed by atoms with van der Waals surface area (Å²) < 4.78 is 15.3. The Morgan fingerprint density at radius 2 is 1.80 bits per heavy atom. The van der Waals surface area contributed by atoms with Crippen molar-refractivity contribution in [3.63, 3.8) is 0 Å². The fourth-order valence-corrected chi connectivity index (χ4v) is 7.70. The predicted octanol–water partition coefficient (Wildman–Crippen LogP) is 4.36. The van der Waals surface area contributed by atoms with Crippen molar-refractivity contribution in [2.75, 3.05) is 26.2 Å². The van der Waals surface area contributed by atoms with Crippen molar-refractivity contribution in [2.45, 2.75) is 75.3 Å². The Hall–Kier alpha value is -2.25. The molecule has 35 heavy (non-hydrogen) atoms. The van der Waals surface area contributed by atoms with Crippen molar-refractivity contribution in [3.05, 3.63) is 42.5 Å². The summed E-state index contributed by atoms with van der Waals surface area (Å²) in [7, 11) is -1.58. The third-order valence-corrected chi connectivity index (χ3v) is 9.47. The highest BCUT2D eigenvalue weighted by molar-refractivity contribution is 7.83. The first-order valence-corrected chi connectivity index (χ1v) is 14.4. The van der Waals surface area contributed by atoms with E-state index in [0.29, 0.717) is 24.3 Å². The summed E-state index contributed by atoms with van der Waals surface area (Å²) in [5.74, 6) is -0.163. The summed E-state index contributed by atoms with van der Waals surface area (Å²) in [6, 6.07) is 13.4. The lowest BCUT2D eigenvalue weighted by Gasteiger charge is -2.29. The molecule has 0 saturated carbocycles. The lowest BCUT2D eigenvalue weighted by atomic mass is 9.94. The smallest absolute Gasteiger partial charge is 0.240 e. The number of benzene rings is 2. The maximum Gasteiger partial charge on any atom is 0.240 e. The Kier molecular flexibility index (Phi) is 7.54. The fraction of sp³-hybridized carbons (Fsp3) is 0.571. The van der Waals surface area contributed by atoms with Gasteiger partial charge in [-0.3, -0.25) is 13.9 Å². The molecule has 0 radical (unpaired) electrons. The summed E-state index contributed by atoms with van der Waals surface area (Å²) in [5, 5.41) is 2.11. The number of fused-ring (bicyclic) bond motifs is 2. The number of carbonyl (C=O) groups excluding carboxylic acids is 2. The topological polar surface area (TPSA) is 60.9 Å². The average Bonchev–Trinajstić information content (AvgIpc) is 3.42. The van der Waals surface area contributed by atoms with Crippen LogP contribution in [0.1, 0.15) is 58.3 Å². The van der Waals surface area contributed by atoms with Gasteiger partial charge in [0.2, 0.25) is 11.8 Å². The third-order valence-electron chi connectivity index (χ3n) is 8.00. The van der Waals surface area contributed by atoms with Gasteiger partial charge in [-0.1, -0.05) is 50.1 Å². The molecule has 2 aromatic rings. The third kappa shape index (κ3) is 4.90. The molecular formula is C28H37N3O3S. The van der Waals surface area contributed by atoms with E-state index in [0.717, 1.165) is 49.7 Å². The van der Waals surface area contributed by atoms with Gasteiger partial charge in [0.1, 0.15) is 0 Å². The Bertz CT molecular complexity index is 1100. The largest absolute Gasteiger partial charge is 0.337 e. The number of piperidine rings is 1. The Labute approximate surface area is 211 Å². The predicted molar refractivity (Wildman–Crippen MR) is 139 cm³/mol. The second kappa shape index (κ2) is 10.8. The summed E-state index contributed by atoms with van der Waals surface area (Å²) >= 11 is 0. The minimum atomic E-state index is -1.58. The van der Waals surface area contributed by atoms with Crippen LogP contribution in [0.2, 0.25) is 0 Å². The van der Waals surface area contributed by atoms with Gasteiger partial charge in [0, 0.05) is 13.0 Å². The molecule has 2 aromatic carbocycles. The minimum Gasteiger partial charge on any atom is -0.337 e. The van der Waals surface area contributed by atoms with Crippen LogP contribution in [-0.4, -0.2) is 68.4 Å². The molecule has 3 fully saturated rings. The number of likely N-dealkylation sites (tertiary alicyclic amines) is 2. The molecule has 0 bridgehead atoms. The maximum atomic E-state index is 13.7. The van der Waals surface area contributed by atoms with Crippen molar-refractivity contribution in [1.29, 1.82) is 0 Å². The van der Waals surface area contributed by atoms with Crippen molar-refractivity contribution in [1.82, 2.24) is 14.1 Å². The summed E-state index contributed by atoms with van der Waals surface area (Å²) in [6.07, 6.45) is 7.52. The average molecular weight is 496 g/mol. The monoisotopic (exact) mass is 495 g/mol. The lowest BCUT2D eigenvalue weighted by molar-refractivity contribution is -0.134.